The van der Waals surface area contributed by atoms with E-state index in [1.807, 2.05) is 48.5 Å². The van der Waals surface area contributed by atoms with Crippen molar-refractivity contribution in [2.24, 2.45) is 0 Å². The Balaban J connectivity index is 1.32. The fourth-order valence-corrected chi connectivity index (χ4v) is 12.8. The fourth-order valence-electron chi connectivity index (χ4n) is 12.8. The number of H-pyrrole nitrogens is 2. The summed E-state index contributed by atoms with van der Waals surface area (Å²) in [6.07, 6.45) is 12.0. The number of benzene rings is 8. The normalized spacial score (nSPS) is 11.9. The SMILES string of the molecule is CCCCOc1c2c(c(OCCCC)c3ccccc13)-c1nc-2nc2[nH]c(nc3nc(nc4[nH]c(n1)c1c(OCCCC)c5ccccc5c(OCCCC)c41)-c1c-3c(OCCCC)c3ccccc3c1OCCCC)c1c(OCCC)c3ccccc3c(OCCC)c21. The number of hydrogen-bond acceptors (Lipinski definition) is 14. The first-order chi connectivity index (χ1) is 46.4. The molecule has 0 saturated heterocycles. The molecule has 0 radical (unpaired) electrons. The summed E-state index contributed by atoms with van der Waals surface area (Å²) in [6, 6.07) is 33.1. The first-order valence-corrected chi connectivity index (χ1v) is 34.6. The van der Waals surface area contributed by atoms with E-state index in [9.17, 15) is 0 Å². The molecular formula is C78H86N8O8. The number of rotatable bonds is 30. The van der Waals surface area contributed by atoms with Gasteiger partial charge in [-0.25, -0.2) is 29.9 Å². The Morgan fingerprint density at radius 2 is 0.426 bits per heavy atom. The van der Waals surface area contributed by atoms with Crippen LogP contribution in [0.15, 0.2) is 97.1 Å². The number of nitrogens with zero attached hydrogens (tertiary/aromatic N) is 6. The lowest BCUT2D eigenvalue weighted by atomic mass is 9.97. The smallest absolute Gasteiger partial charge is 0.168 e. The van der Waals surface area contributed by atoms with Crippen LogP contribution in [-0.2, 0) is 0 Å². The van der Waals surface area contributed by atoms with Crippen LogP contribution < -0.4 is 37.9 Å². The molecule has 0 spiro atoms. The Morgan fingerprint density at radius 1 is 0.234 bits per heavy atom. The molecule has 8 bridgehead atoms. The summed E-state index contributed by atoms with van der Waals surface area (Å²) < 4.78 is 56.9. The fraction of sp³-hybridized carbons (Fsp3) is 0.385. The summed E-state index contributed by atoms with van der Waals surface area (Å²) in [6.45, 7) is 20.8. The molecule has 11 aromatic rings. The third kappa shape index (κ3) is 11.7. The Bertz CT molecular complexity index is 4500. The summed E-state index contributed by atoms with van der Waals surface area (Å²) >= 11 is 0. The zero-order valence-corrected chi connectivity index (χ0v) is 55.7. The second kappa shape index (κ2) is 28.8. The number of aromatic amines is 2. The molecule has 3 aromatic heterocycles. The Morgan fingerprint density at radius 3 is 0.628 bits per heavy atom. The van der Waals surface area contributed by atoms with Crippen LogP contribution in [0.4, 0.5) is 0 Å². The summed E-state index contributed by atoms with van der Waals surface area (Å²) in [5, 5.41) is 9.60. The predicted molar refractivity (Wildman–Crippen MR) is 380 cm³/mol. The summed E-state index contributed by atoms with van der Waals surface area (Å²) in [7, 11) is 0. The van der Waals surface area contributed by atoms with Crippen LogP contribution in [0, 0.1) is 0 Å². The van der Waals surface area contributed by atoms with Gasteiger partial charge in [0.15, 0.2) is 23.3 Å². The van der Waals surface area contributed by atoms with Crippen molar-refractivity contribution in [2.75, 3.05) is 52.9 Å². The average Bonchev–Trinajstić information content (AvgIpc) is 1.53. The highest BCUT2D eigenvalue weighted by atomic mass is 16.5. The van der Waals surface area contributed by atoms with Crippen molar-refractivity contribution < 1.29 is 37.9 Å². The van der Waals surface area contributed by atoms with Gasteiger partial charge in [-0.05, 0) is 51.4 Å². The minimum atomic E-state index is 0.346. The van der Waals surface area contributed by atoms with E-state index in [4.69, 9.17) is 67.8 Å². The number of ether oxygens (including phenoxy) is 8. The third-order valence-electron chi connectivity index (χ3n) is 17.5. The van der Waals surface area contributed by atoms with E-state index in [1.165, 1.54) is 0 Å². The minimum absolute atomic E-state index is 0.346. The minimum Gasteiger partial charge on any atom is -0.492 e. The van der Waals surface area contributed by atoms with E-state index in [0.717, 1.165) is 133 Å². The van der Waals surface area contributed by atoms with Gasteiger partial charge in [0.2, 0.25) is 0 Å². The molecule has 16 nitrogen and oxygen atoms in total. The predicted octanol–water partition coefficient (Wildman–Crippen LogP) is 20.1. The number of unbranched alkanes of at least 4 members (excludes halogenated alkanes) is 6. The second-order valence-corrected chi connectivity index (χ2v) is 24.3. The molecule has 8 aromatic carbocycles. The van der Waals surface area contributed by atoms with E-state index in [0.29, 0.717) is 189 Å². The van der Waals surface area contributed by atoms with Gasteiger partial charge in [-0.15, -0.1) is 0 Å². The molecule has 0 unspecified atom stereocenters. The van der Waals surface area contributed by atoms with Gasteiger partial charge in [0.05, 0.1) is 96.7 Å². The maximum absolute atomic E-state index is 7.14. The van der Waals surface area contributed by atoms with Crippen LogP contribution in [-0.4, -0.2) is 92.7 Å². The first kappa shape index (κ1) is 63.3. The van der Waals surface area contributed by atoms with Gasteiger partial charge in [-0.3, -0.25) is 0 Å². The largest absolute Gasteiger partial charge is 0.492 e. The van der Waals surface area contributed by atoms with E-state index in [2.05, 4.69) is 114 Å². The molecule has 16 heteroatoms. The molecule has 486 valence electrons. The van der Waals surface area contributed by atoms with Gasteiger partial charge in [0.25, 0.3) is 0 Å². The molecule has 0 amide bonds. The van der Waals surface area contributed by atoms with Crippen molar-refractivity contribution in [2.45, 2.75) is 145 Å². The van der Waals surface area contributed by atoms with Crippen LogP contribution >= 0.6 is 0 Å². The number of fused-ring (bicyclic) bond motifs is 24. The number of nitrogens with one attached hydrogen (secondary N) is 2. The van der Waals surface area contributed by atoms with Gasteiger partial charge >= 0.3 is 0 Å². The van der Waals surface area contributed by atoms with Crippen LogP contribution in [0.5, 0.6) is 46.0 Å². The molecule has 0 atom stereocenters. The number of aromatic nitrogens is 8. The Hall–Kier alpha value is -9.44. The van der Waals surface area contributed by atoms with Crippen molar-refractivity contribution in [3.63, 3.8) is 0 Å². The molecule has 2 aliphatic rings. The van der Waals surface area contributed by atoms with Gasteiger partial charge in [-0.1, -0.05) is 191 Å². The average molecular weight is 1260 g/mol. The standard InChI is InChI=1S/C78H86N8O8/c1-9-17-41-89-65-49-33-25-27-35-51(49)67(91-43-19-11-3)59-57(65)73-80-71-55-56(64(88-40-16-8)48-32-24-23-31-47(48)63(55)87-39-15-7)72(79-71)81-74-58-60(68(92-44-20-12-4)52-36-28-26-34-50(52)66(58)90-42-18-10-2)76(83-74)85-78-62-61(77(86-78)84-75(59)82-73)69(93-45-21-13-5)53-37-29-30-38-54(53)70(62)94-46-22-14-6/h23-38H,9-22,39-46H2,1-8H3,(H2,79,80,81,82,83,84,85,86). The highest BCUT2D eigenvalue weighted by Crippen LogP contribution is 2.56. The van der Waals surface area contributed by atoms with Gasteiger partial charge in [0.1, 0.15) is 68.6 Å². The topological polar surface area (TPSA) is 183 Å². The molecule has 94 heavy (non-hydrogen) atoms. The number of hydrogen-bond donors (Lipinski definition) is 2. The molecule has 2 aliphatic heterocycles. The zero-order chi connectivity index (χ0) is 64.7. The summed E-state index contributed by atoms with van der Waals surface area (Å²) in [4.78, 5) is 42.3. The van der Waals surface area contributed by atoms with Gasteiger partial charge in [0, 0.05) is 43.1 Å². The quantitative estimate of drug-likeness (QED) is 0.0406. The zero-order valence-electron chi connectivity index (χ0n) is 55.7. The Kier molecular flexibility index (Phi) is 19.4. The summed E-state index contributed by atoms with van der Waals surface area (Å²) in [5.74, 6) is 6.43. The van der Waals surface area contributed by atoms with Crippen molar-refractivity contribution in [1.29, 1.82) is 0 Å². The molecule has 5 heterocycles. The van der Waals surface area contributed by atoms with E-state index >= 15 is 0 Å². The second-order valence-electron chi connectivity index (χ2n) is 24.3. The van der Waals surface area contributed by atoms with Crippen molar-refractivity contribution in [3.05, 3.63) is 97.1 Å². The van der Waals surface area contributed by atoms with Crippen molar-refractivity contribution in [1.82, 2.24) is 39.9 Å². The Labute approximate surface area is 549 Å². The highest BCUT2D eigenvalue weighted by Gasteiger charge is 2.36. The highest BCUT2D eigenvalue weighted by molar-refractivity contribution is 6.23. The van der Waals surface area contributed by atoms with Crippen LogP contribution in [0.1, 0.15) is 145 Å². The van der Waals surface area contributed by atoms with Gasteiger partial charge in [-0.2, -0.15) is 0 Å². The molecular weight excluding hydrogens is 1180 g/mol. The molecule has 2 N–H and O–H groups in total. The van der Waals surface area contributed by atoms with Crippen LogP contribution in [0.25, 0.3) is 133 Å². The van der Waals surface area contributed by atoms with Crippen molar-refractivity contribution >= 4 is 87.2 Å². The van der Waals surface area contributed by atoms with Gasteiger partial charge < -0.3 is 47.9 Å². The molecule has 0 aliphatic carbocycles. The van der Waals surface area contributed by atoms with Crippen LogP contribution in [0.2, 0.25) is 0 Å². The monoisotopic (exact) mass is 1260 g/mol. The van der Waals surface area contributed by atoms with Crippen molar-refractivity contribution in [3.8, 4) is 91.5 Å². The maximum atomic E-state index is 7.14. The van der Waals surface area contributed by atoms with E-state index < -0.39 is 0 Å². The lowest BCUT2D eigenvalue weighted by Gasteiger charge is -2.19. The van der Waals surface area contributed by atoms with E-state index in [-0.39, 0.29) is 0 Å². The summed E-state index contributed by atoms with van der Waals surface area (Å²) in [5.41, 5.74) is 4.30. The molecule has 0 fully saturated rings. The molecule has 0 saturated carbocycles. The molecule has 13 rings (SSSR count). The van der Waals surface area contributed by atoms with Crippen LogP contribution in [0.3, 0.4) is 0 Å². The maximum Gasteiger partial charge on any atom is 0.168 e. The van der Waals surface area contributed by atoms with E-state index in [1.54, 1.807) is 0 Å². The lowest BCUT2D eigenvalue weighted by molar-refractivity contribution is 0.308. The lowest BCUT2D eigenvalue weighted by Crippen LogP contribution is -2.04. The first-order valence-electron chi connectivity index (χ1n) is 34.6. The third-order valence-corrected chi connectivity index (χ3v) is 17.5.